The van der Waals surface area contributed by atoms with E-state index in [4.69, 9.17) is 4.98 Å². The highest BCUT2D eigenvalue weighted by molar-refractivity contribution is 5.66. The normalized spacial score (nSPS) is 9.81. The lowest BCUT2D eigenvalue weighted by molar-refractivity contribution is 1.21. The number of hydrogen-bond acceptors (Lipinski definition) is 3. The monoisotopic (exact) mass is 533 g/mol. The number of benzene rings is 3. The average molecular weight is 534 g/mol. The third kappa shape index (κ3) is 6.86. The van der Waals surface area contributed by atoms with Gasteiger partial charge in [0.25, 0.3) is 0 Å². The van der Waals surface area contributed by atoms with Crippen LogP contribution in [0.1, 0.15) is 33.4 Å². The first-order chi connectivity index (χ1) is 20.8. The fraction of sp³-hybridized carbons (Fsp3) is 0. The van der Waals surface area contributed by atoms with Crippen LogP contribution in [0.15, 0.2) is 140 Å². The number of hydrogen-bond donors (Lipinski definition) is 0. The van der Waals surface area contributed by atoms with E-state index < -0.39 is 0 Å². The van der Waals surface area contributed by atoms with Crippen molar-refractivity contribution in [3.05, 3.63) is 173 Å². The van der Waals surface area contributed by atoms with Crippen molar-refractivity contribution in [1.29, 1.82) is 0 Å². The van der Waals surface area contributed by atoms with Crippen LogP contribution in [-0.4, -0.2) is 15.0 Å². The van der Waals surface area contributed by atoms with Crippen molar-refractivity contribution in [1.82, 2.24) is 15.0 Å². The van der Waals surface area contributed by atoms with E-state index in [0.29, 0.717) is 11.4 Å². The van der Waals surface area contributed by atoms with Crippen LogP contribution in [0.4, 0.5) is 0 Å². The molecule has 0 saturated carbocycles. The molecule has 0 aliphatic heterocycles. The van der Waals surface area contributed by atoms with Crippen molar-refractivity contribution in [3.8, 4) is 58.3 Å². The van der Waals surface area contributed by atoms with Gasteiger partial charge in [-0.25, -0.2) is 4.98 Å². The number of pyridine rings is 3. The first-order valence-electron chi connectivity index (χ1n) is 13.4. The summed E-state index contributed by atoms with van der Waals surface area (Å²) in [7, 11) is 0. The van der Waals surface area contributed by atoms with E-state index in [2.05, 4.69) is 45.5 Å². The molecule has 0 aliphatic rings. The minimum atomic E-state index is 0.710. The average Bonchev–Trinajstić information content (AvgIpc) is 3.07. The predicted molar refractivity (Wildman–Crippen MR) is 168 cm³/mol. The predicted octanol–water partition coefficient (Wildman–Crippen LogP) is 7.41. The van der Waals surface area contributed by atoms with Gasteiger partial charge in [-0.2, -0.15) is 0 Å². The van der Waals surface area contributed by atoms with Crippen molar-refractivity contribution < 1.29 is 0 Å². The summed E-state index contributed by atoms with van der Waals surface area (Å²) in [4.78, 5) is 14.3. The third-order valence-corrected chi connectivity index (χ3v) is 6.25. The van der Waals surface area contributed by atoms with E-state index in [1.807, 2.05) is 127 Å². The maximum absolute atomic E-state index is 4.91. The minimum absolute atomic E-state index is 0.710. The van der Waals surface area contributed by atoms with Crippen LogP contribution < -0.4 is 0 Å². The molecule has 0 unspecified atom stereocenters. The standard InChI is InChI=1S/C39H23N3/c1-4-10-30(11-5-1)16-19-33-22-24-36(40-28-33)38-26-35(21-18-32-14-8-3-9-15-32)27-39(42-38)37-25-23-34(29-41-37)20-17-31-12-6-2-7-13-31/h1-15,22-29H. The molecular weight excluding hydrogens is 510 g/mol. The fourth-order valence-corrected chi connectivity index (χ4v) is 4.10. The zero-order valence-electron chi connectivity index (χ0n) is 22.6. The number of nitrogens with zero attached hydrogens (tertiary/aromatic N) is 3. The molecule has 3 aromatic heterocycles. The molecule has 0 saturated heterocycles. The molecule has 0 bridgehead atoms. The van der Waals surface area contributed by atoms with Crippen molar-refractivity contribution in [3.63, 3.8) is 0 Å². The molecular formula is C39H23N3. The topological polar surface area (TPSA) is 38.7 Å². The van der Waals surface area contributed by atoms with E-state index in [-0.39, 0.29) is 0 Å². The lowest BCUT2D eigenvalue weighted by Crippen LogP contribution is -1.95. The second-order valence-electron chi connectivity index (χ2n) is 9.34. The number of rotatable bonds is 2. The molecule has 3 aromatic carbocycles. The lowest BCUT2D eigenvalue weighted by atomic mass is 10.1. The summed E-state index contributed by atoms with van der Waals surface area (Å²) in [6.07, 6.45) is 3.54. The van der Waals surface area contributed by atoms with Gasteiger partial charge < -0.3 is 0 Å². The highest BCUT2D eigenvalue weighted by atomic mass is 14.8. The van der Waals surface area contributed by atoms with Crippen LogP contribution in [0, 0.1) is 35.5 Å². The fourth-order valence-electron chi connectivity index (χ4n) is 4.10. The minimum Gasteiger partial charge on any atom is -0.253 e. The molecule has 0 aliphatic carbocycles. The Morgan fingerprint density at radius 3 is 1.02 bits per heavy atom. The first-order valence-corrected chi connectivity index (χ1v) is 13.4. The van der Waals surface area contributed by atoms with Crippen LogP contribution in [-0.2, 0) is 0 Å². The van der Waals surface area contributed by atoms with Gasteiger partial charge in [-0.1, -0.05) is 90.1 Å². The maximum Gasteiger partial charge on any atom is 0.0906 e. The molecule has 42 heavy (non-hydrogen) atoms. The Hall–Kier alpha value is -6.21. The van der Waals surface area contributed by atoms with Crippen LogP contribution in [0.3, 0.4) is 0 Å². The molecule has 6 rings (SSSR count). The summed E-state index contributed by atoms with van der Waals surface area (Å²) in [5, 5.41) is 0. The molecule has 3 heteroatoms. The summed E-state index contributed by atoms with van der Waals surface area (Å²) in [5.41, 5.74) is 8.23. The zero-order valence-corrected chi connectivity index (χ0v) is 22.6. The molecule has 0 atom stereocenters. The summed E-state index contributed by atoms with van der Waals surface area (Å²) in [6, 6.07) is 41.4. The van der Waals surface area contributed by atoms with E-state index in [1.165, 1.54) is 0 Å². The van der Waals surface area contributed by atoms with Crippen LogP contribution in [0.2, 0.25) is 0 Å². The van der Waals surface area contributed by atoms with Gasteiger partial charge in [-0.3, -0.25) is 9.97 Å². The Bertz CT molecular complexity index is 1880. The van der Waals surface area contributed by atoms with E-state index in [0.717, 1.165) is 44.8 Å². The van der Waals surface area contributed by atoms with E-state index in [9.17, 15) is 0 Å². The lowest BCUT2D eigenvalue weighted by Gasteiger charge is -2.06. The highest BCUT2D eigenvalue weighted by Crippen LogP contribution is 2.23. The molecule has 194 valence electrons. The van der Waals surface area contributed by atoms with Crippen molar-refractivity contribution >= 4 is 0 Å². The Balaban J connectivity index is 1.32. The molecule has 0 amide bonds. The number of aromatic nitrogens is 3. The third-order valence-electron chi connectivity index (χ3n) is 6.25. The van der Waals surface area contributed by atoms with Gasteiger partial charge in [0.1, 0.15) is 0 Å². The molecule has 3 heterocycles. The molecule has 3 nitrogen and oxygen atoms in total. The molecule has 0 N–H and O–H groups in total. The zero-order chi connectivity index (χ0) is 28.4. The Morgan fingerprint density at radius 2 is 0.667 bits per heavy atom. The van der Waals surface area contributed by atoms with Crippen molar-refractivity contribution in [2.75, 3.05) is 0 Å². The summed E-state index contributed by atoms with van der Waals surface area (Å²) >= 11 is 0. The largest absolute Gasteiger partial charge is 0.253 e. The maximum atomic E-state index is 4.91. The van der Waals surface area contributed by atoms with Crippen LogP contribution in [0.5, 0.6) is 0 Å². The van der Waals surface area contributed by atoms with Gasteiger partial charge in [-0.15, -0.1) is 0 Å². The second kappa shape index (κ2) is 12.8. The Morgan fingerprint density at radius 1 is 0.310 bits per heavy atom. The Labute approximate surface area is 246 Å². The Kier molecular flexibility index (Phi) is 7.91. The van der Waals surface area contributed by atoms with Crippen LogP contribution >= 0.6 is 0 Å². The van der Waals surface area contributed by atoms with E-state index in [1.54, 1.807) is 12.4 Å². The van der Waals surface area contributed by atoms with Gasteiger partial charge in [0.15, 0.2) is 0 Å². The smallest absolute Gasteiger partial charge is 0.0906 e. The quantitative estimate of drug-likeness (QED) is 0.218. The van der Waals surface area contributed by atoms with Crippen molar-refractivity contribution in [2.45, 2.75) is 0 Å². The van der Waals surface area contributed by atoms with Gasteiger partial charge in [0.05, 0.1) is 22.8 Å². The molecule has 0 spiro atoms. The van der Waals surface area contributed by atoms with E-state index >= 15 is 0 Å². The molecule has 6 aromatic rings. The highest BCUT2D eigenvalue weighted by Gasteiger charge is 2.09. The molecule has 0 fully saturated rings. The SMILES string of the molecule is C(#Cc1ccc(-c2cc(C#Cc3ccccc3)cc(-c3ccc(C#Cc4ccccc4)cn3)n2)nc1)c1ccccc1. The van der Waals surface area contributed by atoms with Gasteiger partial charge in [0.2, 0.25) is 0 Å². The second-order valence-corrected chi connectivity index (χ2v) is 9.34. The molecule has 0 radical (unpaired) electrons. The summed E-state index contributed by atoms with van der Waals surface area (Å²) in [6.45, 7) is 0. The summed E-state index contributed by atoms with van der Waals surface area (Å²) in [5.74, 6) is 19.2. The van der Waals surface area contributed by atoms with Crippen LogP contribution in [0.25, 0.3) is 22.8 Å². The summed E-state index contributed by atoms with van der Waals surface area (Å²) < 4.78 is 0. The van der Waals surface area contributed by atoms with Gasteiger partial charge >= 0.3 is 0 Å². The van der Waals surface area contributed by atoms with Gasteiger partial charge in [0, 0.05) is 45.8 Å². The van der Waals surface area contributed by atoms with Gasteiger partial charge in [-0.05, 0) is 72.8 Å². The van der Waals surface area contributed by atoms with Crippen molar-refractivity contribution in [2.24, 2.45) is 0 Å². The first kappa shape index (κ1) is 26.0.